The average molecular weight is 342 g/mol. The smallest absolute Gasteiger partial charge is 0.187 e. The molecule has 23 heavy (non-hydrogen) atoms. The number of aliphatic hydroxyl groups is 8. The van der Waals surface area contributed by atoms with Gasteiger partial charge in [-0.05, 0) is 0 Å². The van der Waals surface area contributed by atoms with Gasteiger partial charge >= 0.3 is 0 Å². The van der Waals surface area contributed by atoms with Crippen molar-refractivity contribution in [3.05, 3.63) is 0 Å². The monoisotopic (exact) mass is 342 g/mol. The fourth-order valence-electron chi connectivity index (χ4n) is 2.56. The van der Waals surface area contributed by atoms with Crippen LogP contribution in [0.25, 0.3) is 0 Å². The minimum absolute atomic E-state index is 0.667. The van der Waals surface area contributed by atoms with Crippen molar-refractivity contribution in [3.8, 4) is 0 Å². The first-order valence-corrected chi connectivity index (χ1v) is 7.08. The van der Waals surface area contributed by atoms with Gasteiger partial charge in [0.05, 0.1) is 13.2 Å². The van der Waals surface area contributed by atoms with Gasteiger partial charge in [-0.2, -0.15) is 0 Å². The molecule has 136 valence electrons. The molecule has 0 aromatic carbocycles. The Hall–Kier alpha value is -0.440. The van der Waals surface area contributed by atoms with Crippen LogP contribution in [0.2, 0.25) is 0 Å². The molecule has 2 saturated heterocycles. The number of hydrogen-bond donors (Lipinski definition) is 8. The second kappa shape index (κ2) is 7.63. The summed E-state index contributed by atoms with van der Waals surface area (Å²) in [5.74, 6) is 0. The lowest BCUT2D eigenvalue weighted by Crippen LogP contribution is -2.64. The second-order valence-corrected chi connectivity index (χ2v) is 5.53. The van der Waals surface area contributed by atoms with Crippen molar-refractivity contribution in [2.24, 2.45) is 0 Å². The number of aliphatic hydroxyl groups excluding tert-OH is 8. The zero-order valence-corrected chi connectivity index (χ0v) is 12.0. The minimum Gasteiger partial charge on any atom is -0.394 e. The third-order valence-corrected chi connectivity index (χ3v) is 3.98. The molecule has 0 aliphatic carbocycles. The predicted octanol–water partition coefficient (Wildman–Crippen LogP) is -5.40. The van der Waals surface area contributed by atoms with Gasteiger partial charge in [0, 0.05) is 0 Å². The minimum atomic E-state index is -1.76. The van der Waals surface area contributed by atoms with Gasteiger partial charge in [-0.15, -0.1) is 0 Å². The van der Waals surface area contributed by atoms with Crippen molar-refractivity contribution in [1.29, 1.82) is 0 Å². The fourth-order valence-corrected chi connectivity index (χ4v) is 2.56. The van der Waals surface area contributed by atoms with Gasteiger partial charge in [0.2, 0.25) is 0 Å². The van der Waals surface area contributed by atoms with Crippen LogP contribution in [0, 0.1) is 0 Å². The summed E-state index contributed by atoms with van der Waals surface area (Å²) in [5, 5.41) is 76.8. The molecule has 0 aromatic rings. The van der Waals surface area contributed by atoms with Crippen molar-refractivity contribution in [2.45, 2.75) is 61.4 Å². The Morgan fingerprint density at radius 1 is 0.652 bits per heavy atom. The van der Waals surface area contributed by atoms with Crippen LogP contribution in [0.5, 0.6) is 0 Å². The number of hydrogen-bond acceptors (Lipinski definition) is 11. The lowest BCUT2D eigenvalue weighted by atomic mass is 9.97. The average Bonchev–Trinajstić information content (AvgIpc) is 2.54. The largest absolute Gasteiger partial charge is 0.394 e. The van der Waals surface area contributed by atoms with Crippen LogP contribution < -0.4 is 0 Å². The Labute approximate surface area is 130 Å². The molecule has 11 nitrogen and oxygen atoms in total. The van der Waals surface area contributed by atoms with E-state index in [1.807, 2.05) is 0 Å². The molecule has 0 radical (unpaired) electrons. The summed E-state index contributed by atoms with van der Waals surface area (Å²) in [6.07, 6.45) is -15.7. The molecule has 0 aromatic heterocycles. The molecule has 0 amide bonds. The maximum absolute atomic E-state index is 10.00. The molecular weight excluding hydrogens is 320 g/mol. The predicted molar refractivity (Wildman–Crippen MR) is 68.6 cm³/mol. The van der Waals surface area contributed by atoms with E-state index in [1.165, 1.54) is 0 Å². The summed E-state index contributed by atoms with van der Waals surface area (Å²) in [6, 6.07) is 0. The number of ether oxygens (including phenoxy) is 3. The van der Waals surface area contributed by atoms with Crippen LogP contribution in [0.1, 0.15) is 0 Å². The van der Waals surface area contributed by atoms with Crippen LogP contribution in [0.15, 0.2) is 0 Å². The Kier molecular flexibility index (Phi) is 6.27. The molecule has 2 aliphatic rings. The molecule has 8 N–H and O–H groups in total. The highest BCUT2D eigenvalue weighted by molar-refractivity contribution is 4.93. The molecule has 11 heteroatoms. The van der Waals surface area contributed by atoms with Crippen molar-refractivity contribution in [1.82, 2.24) is 0 Å². The van der Waals surface area contributed by atoms with Gasteiger partial charge in [0.1, 0.15) is 48.8 Å². The summed E-state index contributed by atoms with van der Waals surface area (Å²) < 4.78 is 15.1. The third-order valence-electron chi connectivity index (χ3n) is 3.98. The first-order valence-electron chi connectivity index (χ1n) is 7.08. The molecule has 2 unspecified atom stereocenters. The zero-order valence-electron chi connectivity index (χ0n) is 12.0. The van der Waals surface area contributed by atoms with E-state index in [-0.39, 0.29) is 0 Å². The lowest BCUT2D eigenvalue weighted by Gasteiger charge is -2.45. The Morgan fingerprint density at radius 3 is 1.78 bits per heavy atom. The van der Waals surface area contributed by atoms with Gasteiger partial charge in [-0.25, -0.2) is 0 Å². The molecular formula is C12H22O11. The van der Waals surface area contributed by atoms with E-state index in [9.17, 15) is 30.6 Å². The van der Waals surface area contributed by atoms with Crippen LogP contribution in [0.3, 0.4) is 0 Å². The van der Waals surface area contributed by atoms with Gasteiger partial charge in [0.25, 0.3) is 0 Å². The molecule has 0 saturated carbocycles. The quantitative estimate of drug-likeness (QED) is 0.243. The standard InChI is InChI=1S/C12H22O11/c13-1-3-5(15)7(17)8(18)12(22-3)23-10-6(16)4(2-14)21-11(20)9(10)19/h3-20H,1-2H2/t3-,4-,5-,6-,7+,8+,9+,10+,11?,12?/m1/s1. The van der Waals surface area contributed by atoms with Gasteiger partial charge in [0.15, 0.2) is 12.6 Å². The normalized spacial score (nSPS) is 51.7. The zero-order chi connectivity index (χ0) is 17.3. The van der Waals surface area contributed by atoms with E-state index in [0.29, 0.717) is 0 Å². The van der Waals surface area contributed by atoms with Crippen molar-refractivity contribution >= 4 is 0 Å². The van der Waals surface area contributed by atoms with Gasteiger partial charge < -0.3 is 55.1 Å². The summed E-state index contributed by atoms with van der Waals surface area (Å²) >= 11 is 0. The summed E-state index contributed by atoms with van der Waals surface area (Å²) in [4.78, 5) is 0. The molecule has 2 fully saturated rings. The first-order chi connectivity index (χ1) is 10.8. The highest BCUT2D eigenvalue weighted by Gasteiger charge is 2.50. The van der Waals surface area contributed by atoms with Gasteiger partial charge in [-0.1, -0.05) is 0 Å². The van der Waals surface area contributed by atoms with Gasteiger partial charge in [-0.3, -0.25) is 0 Å². The maximum atomic E-state index is 10.00. The highest BCUT2D eigenvalue weighted by atomic mass is 16.7. The van der Waals surface area contributed by atoms with Crippen molar-refractivity contribution in [3.63, 3.8) is 0 Å². The molecule has 10 atom stereocenters. The first kappa shape index (κ1) is 18.9. The summed E-state index contributed by atoms with van der Waals surface area (Å²) in [5.41, 5.74) is 0. The van der Waals surface area contributed by atoms with E-state index in [2.05, 4.69) is 0 Å². The van der Waals surface area contributed by atoms with E-state index < -0.39 is 74.6 Å². The molecule has 0 spiro atoms. The number of rotatable bonds is 4. The molecule has 0 bridgehead atoms. The van der Waals surface area contributed by atoms with Crippen LogP contribution in [0.4, 0.5) is 0 Å². The lowest BCUT2D eigenvalue weighted by molar-refractivity contribution is -0.355. The van der Waals surface area contributed by atoms with E-state index in [1.54, 1.807) is 0 Å². The van der Waals surface area contributed by atoms with E-state index >= 15 is 0 Å². The topological polar surface area (TPSA) is 190 Å². The van der Waals surface area contributed by atoms with E-state index in [4.69, 9.17) is 24.4 Å². The van der Waals surface area contributed by atoms with Crippen LogP contribution in [-0.2, 0) is 14.2 Å². The van der Waals surface area contributed by atoms with Crippen LogP contribution >= 0.6 is 0 Å². The van der Waals surface area contributed by atoms with Crippen molar-refractivity contribution < 1.29 is 55.1 Å². The molecule has 2 aliphatic heterocycles. The SMILES string of the molecule is OC[C@H]1OC(O[C@H]2[C@H](O)[C@@H](CO)OC(O)[C@H]2O)[C@@H](O)[C@@H](O)[C@@H]1O. The Bertz CT molecular complexity index is 380. The second-order valence-electron chi connectivity index (χ2n) is 5.53. The highest BCUT2D eigenvalue weighted by Crippen LogP contribution is 2.28. The summed E-state index contributed by atoms with van der Waals surface area (Å²) in [7, 11) is 0. The molecule has 2 rings (SSSR count). The fraction of sp³-hybridized carbons (Fsp3) is 1.00. The maximum Gasteiger partial charge on any atom is 0.187 e. The Balaban J connectivity index is 2.11. The van der Waals surface area contributed by atoms with Crippen molar-refractivity contribution in [2.75, 3.05) is 13.2 Å². The summed E-state index contributed by atoms with van der Waals surface area (Å²) in [6.45, 7) is -1.34. The van der Waals surface area contributed by atoms with E-state index in [0.717, 1.165) is 0 Å². The third kappa shape index (κ3) is 3.65. The van der Waals surface area contributed by atoms with Crippen LogP contribution in [-0.4, -0.2) is 115 Å². The molecule has 2 heterocycles. The Morgan fingerprint density at radius 2 is 1.22 bits per heavy atom.